The van der Waals surface area contributed by atoms with Crippen LogP contribution in [0.5, 0.6) is 0 Å². The molecule has 0 atom stereocenters. The third-order valence-electron chi connectivity index (χ3n) is 6.98. The van der Waals surface area contributed by atoms with Gasteiger partial charge in [0.2, 0.25) is 17.8 Å². The van der Waals surface area contributed by atoms with E-state index in [4.69, 9.17) is 24.7 Å². The van der Waals surface area contributed by atoms with Gasteiger partial charge in [0.15, 0.2) is 0 Å². The maximum absolute atomic E-state index is 12.6. The Morgan fingerprint density at radius 3 is 1.54 bits per heavy atom. The Labute approximate surface area is 302 Å². The van der Waals surface area contributed by atoms with E-state index in [1.807, 2.05) is 18.2 Å². The molecule has 16 nitrogen and oxygen atoms in total. The van der Waals surface area contributed by atoms with Gasteiger partial charge in [0.1, 0.15) is 6.29 Å². The number of aromatic nitrogens is 3. The summed E-state index contributed by atoms with van der Waals surface area (Å²) < 4.78 is 21.9. The molecule has 2 amide bonds. The van der Waals surface area contributed by atoms with Crippen molar-refractivity contribution in [3.05, 3.63) is 95.6 Å². The zero-order valence-corrected chi connectivity index (χ0v) is 28.8. The molecule has 52 heavy (non-hydrogen) atoms. The molecule has 1 heterocycles. The van der Waals surface area contributed by atoms with E-state index in [2.05, 4.69) is 41.5 Å². The molecular weight excluding hydrogens is 670 g/mol. The molecular formula is C36H45N9O7. The van der Waals surface area contributed by atoms with Crippen LogP contribution in [0.3, 0.4) is 0 Å². The van der Waals surface area contributed by atoms with Crippen molar-refractivity contribution in [1.82, 2.24) is 25.6 Å². The molecule has 3 aromatic carbocycles. The Morgan fingerprint density at radius 1 is 0.558 bits per heavy atom. The number of ether oxygens (including phenoxy) is 4. The molecule has 0 saturated heterocycles. The molecule has 7 N–H and O–H groups in total. The van der Waals surface area contributed by atoms with Gasteiger partial charge in [0, 0.05) is 54.2 Å². The second-order valence-electron chi connectivity index (χ2n) is 10.9. The van der Waals surface area contributed by atoms with Crippen LogP contribution in [0.15, 0.2) is 78.9 Å². The van der Waals surface area contributed by atoms with E-state index in [0.717, 1.165) is 6.29 Å². The van der Waals surface area contributed by atoms with Crippen molar-refractivity contribution in [1.29, 1.82) is 0 Å². The smallest absolute Gasteiger partial charge is 0.251 e. The Morgan fingerprint density at radius 2 is 1.02 bits per heavy atom. The molecule has 4 rings (SSSR count). The number of aldehydes is 1. The summed E-state index contributed by atoms with van der Waals surface area (Å²) in [5.74, 6) is 0.437. The number of hydrogen-bond acceptors (Lipinski definition) is 14. The van der Waals surface area contributed by atoms with Gasteiger partial charge in [-0.1, -0.05) is 18.2 Å². The molecule has 0 aliphatic heterocycles. The molecule has 0 unspecified atom stereocenters. The summed E-state index contributed by atoms with van der Waals surface area (Å²) in [7, 11) is 0. The Hall–Kier alpha value is -5.52. The van der Waals surface area contributed by atoms with Gasteiger partial charge in [-0.3, -0.25) is 14.4 Å². The Kier molecular flexibility index (Phi) is 17.4. The van der Waals surface area contributed by atoms with Crippen molar-refractivity contribution in [2.75, 3.05) is 95.0 Å². The van der Waals surface area contributed by atoms with E-state index >= 15 is 0 Å². The number of nitrogens with two attached hydrogens (primary N) is 1. The van der Waals surface area contributed by atoms with E-state index < -0.39 is 0 Å². The summed E-state index contributed by atoms with van der Waals surface area (Å²) in [6.07, 6.45) is 0.768. The summed E-state index contributed by atoms with van der Waals surface area (Å²) in [5.41, 5.74) is 8.33. The first-order chi connectivity index (χ1) is 25.5. The number of nitrogens with zero attached hydrogens (tertiary/aromatic N) is 3. The van der Waals surface area contributed by atoms with Gasteiger partial charge in [-0.25, -0.2) is 0 Å². The first-order valence-electron chi connectivity index (χ1n) is 16.9. The van der Waals surface area contributed by atoms with Crippen LogP contribution in [0, 0.1) is 0 Å². The maximum Gasteiger partial charge on any atom is 0.251 e. The van der Waals surface area contributed by atoms with Crippen molar-refractivity contribution >= 4 is 47.3 Å². The number of carbonyl (C=O) groups is 3. The predicted molar refractivity (Wildman–Crippen MR) is 197 cm³/mol. The average Bonchev–Trinajstić information content (AvgIpc) is 3.17. The Bertz CT molecular complexity index is 1650. The van der Waals surface area contributed by atoms with Crippen LogP contribution in [-0.4, -0.2) is 112 Å². The minimum absolute atomic E-state index is 0.144. The van der Waals surface area contributed by atoms with Crippen molar-refractivity contribution in [3.8, 4) is 0 Å². The van der Waals surface area contributed by atoms with Crippen LogP contribution in [-0.2, 0) is 18.9 Å². The highest BCUT2D eigenvalue weighted by atomic mass is 16.5. The fourth-order valence-electron chi connectivity index (χ4n) is 4.40. The van der Waals surface area contributed by atoms with Gasteiger partial charge in [-0.05, 0) is 60.7 Å². The second kappa shape index (κ2) is 23.0. The van der Waals surface area contributed by atoms with Crippen LogP contribution in [0.2, 0.25) is 0 Å². The van der Waals surface area contributed by atoms with E-state index in [0.29, 0.717) is 113 Å². The molecule has 0 aliphatic rings. The summed E-state index contributed by atoms with van der Waals surface area (Å²) in [5, 5.41) is 15.1. The van der Waals surface area contributed by atoms with Crippen LogP contribution in [0.25, 0.3) is 0 Å². The van der Waals surface area contributed by atoms with Crippen molar-refractivity contribution in [2.45, 2.75) is 0 Å². The van der Waals surface area contributed by atoms with Crippen LogP contribution >= 0.6 is 0 Å². The summed E-state index contributed by atoms with van der Waals surface area (Å²) >= 11 is 0. The number of rotatable bonds is 25. The van der Waals surface area contributed by atoms with E-state index in [1.165, 1.54) is 0 Å². The highest BCUT2D eigenvalue weighted by molar-refractivity contribution is 5.94. The van der Waals surface area contributed by atoms with Gasteiger partial charge in [0.05, 0.1) is 52.9 Å². The second-order valence-corrected chi connectivity index (χ2v) is 10.9. The summed E-state index contributed by atoms with van der Waals surface area (Å²) in [4.78, 5) is 49.1. The molecule has 0 saturated carbocycles. The standard InChI is InChI=1S/C36H45N9O7/c37-14-18-49-22-23-50-20-16-39-33(48)29-8-12-31(13-9-29)42-36-44-34(43-35(45-36)41-30-10-6-27(26-46)7-11-30)40-17-21-52-25-24-51-19-15-38-32(47)28-4-2-1-3-5-28/h1-13,26H,14-25,37H2,(H,38,47)(H,39,48)(H3,40,41,42,43,44,45). The largest absolute Gasteiger partial charge is 0.378 e. The van der Waals surface area contributed by atoms with Crippen molar-refractivity contribution in [3.63, 3.8) is 0 Å². The van der Waals surface area contributed by atoms with Crippen molar-refractivity contribution in [2.24, 2.45) is 5.73 Å². The quantitative estimate of drug-likeness (QED) is 0.0430. The Balaban J connectivity index is 1.23. The van der Waals surface area contributed by atoms with Crippen molar-refractivity contribution < 1.29 is 33.3 Å². The molecule has 0 bridgehead atoms. The summed E-state index contributed by atoms with van der Waals surface area (Å²) in [6.45, 7) is 4.83. The van der Waals surface area contributed by atoms with Gasteiger partial charge >= 0.3 is 0 Å². The molecule has 1 aromatic heterocycles. The third-order valence-corrected chi connectivity index (χ3v) is 6.98. The van der Waals surface area contributed by atoms with E-state index in [-0.39, 0.29) is 23.7 Å². The number of anilines is 5. The van der Waals surface area contributed by atoms with Gasteiger partial charge in [-0.2, -0.15) is 15.0 Å². The topological polar surface area (TPSA) is 213 Å². The molecule has 4 aromatic rings. The van der Waals surface area contributed by atoms with E-state index in [9.17, 15) is 14.4 Å². The lowest BCUT2D eigenvalue weighted by molar-refractivity contribution is 0.0511. The van der Waals surface area contributed by atoms with Gasteiger partial charge < -0.3 is 51.3 Å². The minimum atomic E-state index is -0.227. The van der Waals surface area contributed by atoms with Crippen LogP contribution in [0.1, 0.15) is 31.1 Å². The molecule has 0 radical (unpaired) electrons. The minimum Gasteiger partial charge on any atom is -0.378 e. The highest BCUT2D eigenvalue weighted by Crippen LogP contribution is 2.19. The van der Waals surface area contributed by atoms with Gasteiger partial charge in [0.25, 0.3) is 11.8 Å². The first-order valence-corrected chi connectivity index (χ1v) is 16.9. The lowest BCUT2D eigenvalue weighted by Gasteiger charge is -2.12. The number of amides is 2. The van der Waals surface area contributed by atoms with Gasteiger partial charge in [-0.15, -0.1) is 0 Å². The fourth-order valence-corrected chi connectivity index (χ4v) is 4.40. The molecule has 16 heteroatoms. The normalized spacial score (nSPS) is 10.7. The number of nitrogens with one attached hydrogen (secondary N) is 5. The third kappa shape index (κ3) is 14.8. The molecule has 276 valence electrons. The monoisotopic (exact) mass is 715 g/mol. The van der Waals surface area contributed by atoms with Crippen LogP contribution < -0.4 is 32.3 Å². The molecule has 0 fully saturated rings. The number of benzene rings is 3. The summed E-state index contributed by atoms with van der Waals surface area (Å²) in [6, 6.07) is 22.7. The first kappa shape index (κ1) is 39.3. The zero-order valence-electron chi connectivity index (χ0n) is 28.8. The zero-order chi connectivity index (χ0) is 36.6. The fraction of sp³-hybridized carbons (Fsp3) is 0.333. The van der Waals surface area contributed by atoms with E-state index in [1.54, 1.807) is 60.7 Å². The lowest BCUT2D eigenvalue weighted by atomic mass is 10.2. The number of hydrogen-bond donors (Lipinski definition) is 6. The average molecular weight is 716 g/mol. The lowest BCUT2D eigenvalue weighted by Crippen LogP contribution is -2.27. The maximum atomic E-state index is 12.6. The van der Waals surface area contributed by atoms with Crippen LogP contribution in [0.4, 0.5) is 29.2 Å². The number of carbonyl (C=O) groups excluding carboxylic acids is 3. The molecule has 0 aliphatic carbocycles. The predicted octanol–water partition coefficient (Wildman–Crippen LogP) is 2.77. The SMILES string of the molecule is NCCOCCOCCNC(=O)c1ccc(Nc2nc(NCCOCCOCCNC(=O)c3ccccc3)nc(Nc3ccc(C=O)cc3)n2)cc1. The highest BCUT2D eigenvalue weighted by Gasteiger charge is 2.10. The molecule has 0 spiro atoms.